The van der Waals surface area contributed by atoms with Crippen molar-refractivity contribution >= 4 is 17.8 Å². The van der Waals surface area contributed by atoms with Gasteiger partial charge in [-0.15, -0.1) is 0 Å². The largest absolute Gasteiger partial charge is 0.478 e. The van der Waals surface area contributed by atoms with E-state index in [1.807, 2.05) is 0 Å². The summed E-state index contributed by atoms with van der Waals surface area (Å²) in [6.45, 7) is 3.77. The summed E-state index contributed by atoms with van der Waals surface area (Å²) in [7, 11) is 1.68. The van der Waals surface area contributed by atoms with Crippen LogP contribution in [0.2, 0.25) is 0 Å². The highest BCUT2D eigenvalue weighted by Crippen LogP contribution is 2.10. The lowest BCUT2D eigenvalue weighted by molar-refractivity contribution is -0.142. The zero-order valence-corrected chi connectivity index (χ0v) is 10.2. The zero-order valence-electron chi connectivity index (χ0n) is 10.2. The van der Waals surface area contributed by atoms with Crippen LogP contribution in [0, 0.1) is 0 Å². The first-order valence-electron chi connectivity index (χ1n) is 5.28. The quantitative estimate of drug-likeness (QED) is 0.673. The molecule has 1 heterocycles. The summed E-state index contributed by atoms with van der Waals surface area (Å²) in [5.41, 5.74) is 0.191. The topological polar surface area (TPSA) is 77.9 Å². The number of nitrogens with zero attached hydrogens (tertiary/aromatic N) is 2. The molecule has 17 heavy (non-hydrogen) atoms. The van der Waals surface area contributed by atoms with Gasteiger partial charge < -0.3 is 14.9 Å². The average molecular weight is 240 g/mol. The van der Waals surface area contributed by atoms with Crippen LogP contribution < -0.4 is 0 Å². The lowest BCUT2D eigenvalue weighted by Gasteiger charge is -2.32. The van der Waals surface area contributed by atoms with Gasteiger partial charge in [0, 0.05) is 31.3 Å². The van der Waals surface area contributed by atoms with Gasteiger partial charge in [-0.05, 0) is 13.8 Å². The SMILES string of the molecule is CC(C(=O)O)=C(C)C(=O)N1CCN(C)C(=O)C1. The van der Waals surface area contributed by atoms with Gasteiger partial charge >= 0.3 is 5.97 Å². The minimum Gasteiger partial charge on any atom is -0.478 e. The first kappa shape index (κ1) is 13.2. The minimum atomic E-state index is -1.11. The van der Waals surface area contributed by atoms with Crippen LogP contribution in [0.3, 0.4) is 0 Å². The highest BCUT2D eigenvalue weighted by molar-refractivity contribution is 6.02. The predicted molar refractivity (Wildman–Crippen MR) is 60.2 cm³/mol. The van der Waals surface area contributed by atoms with Crippen LogP contribution in [0.5, 0.6) is 0 Å². The predicted octanol–water partition coefficient (Wildman–Crippen LogP) is -0.292. The van der Waals surface area contributed by atoms with E-state index in [0.29, 0.717) is 13.1 Å². The third kappa shape index (κ3) is 2.83. The zero-order chi connectivity index (χ0) is 13.2. The molecule has 0 unspecified atom stereocenters. The standard InChI is InChI=1S/C11H16N2O4/c1-7(8(2)11(16)17)10(15)13-5-4-12(3)9(14)6-13/h4-6H2,1-3H3,(H,16,17). The first-order valence-corrected chi connectivity index (χ1v) is 5.28. The smallest absolute Gasteiger partial charge is 0.331 e. The fourth-order valence-corrected chi connectivity index (χ4v) is 1.49. The lowest BCUT2D eigenvalue weighted by Crippen LogP contribution is -2.51. The Morgan fingerprint density at radius 2 is 1.76 bits per heavy atom. The molecule has 94 valence electrons. The summed E-state index contributed by atoms with van der Waals surface area (Å²) in [5, 5.41) is 8.79. The summed E-state index contributed by atoms with van der Waals surface area (Å²) >= 11 is 0. The highest BCUT2D eigenvalue weighted by Gasteiger charge is 2.26. The summed E-state index contributed by atoms with van der Waals surface area (Å²) in [4.78, 5) is 37.0. The Hall–Kier alpha value is -1.85. The van der Waals surface area contributed by atoms with Crippen LogP contribution in [0.1, 0.15) is 13.8 Å². The van der Waals surface area contributed by atoms with Crippen molar-refractivity contribution in [1.29, 1.82) is 0 Å². The molecule has 0 aliphatic carbocycles. The molecule has 1 aliphatic rings. The molecule has 0 radical (unpaired) electrons. The number of aliphatic carboxylic acids is 1. The van der Waals surface area contributed by atoms with Gasteiger partial charge in [-0.3, -0.25) is 9.59 Å². The maximum absolute atomic E-state index is 11.9. The summed E-state index contributed by atoms with van der Waals surface area (Å²) in [5.74, 6) is -1.63. The number of hydrogen-bond donors (Lipinski definition) is 1. The number of rotatable bonds is 2. The lowest BCUT2D eigenvalue weighted by atomic mass is 10.1. The molecule has 1 N–H and O–H groups in total. The van der Waals surface area contributed by atoms with Crippen molar-refractivity contribution in [3.63, 3.8) is 0 Å². The molecule has 6 heteroatoms. The number of likely N-dealkylation sites (N-methyl/N-ethyl adjacent to an activating group) is 1. The molecule has 1 saturated heterocycles. The molecule has 0 saturated carbocycles. The van der Waals surface area contributed by atoms with Crippen LogP contribution >= 0.6 is 0 Å². The number of carbonyl (C=O) groups is 3. The molecule has 6 nitrogen and oxygen atoms in total. The van der Waals surface area contributed by atoms with Crippen molar-refractivity contribution in [2.45, 2.75) is 13.8 Å². The molecule has 0 aromatic rings. The van der Waals surface area contributed by atoms with Gasteiger partial charge in [0.15, 0.2) is 0 Å². The third-order valence-electron chi connectivity index (χ3n) is 2.95. The Balaban J connectivity index is 2.82. The van der Waals surface area contributed by atoms with Gasteiger partial charge in [-0.25, -0.2) is 4.79 Å². The maximum atomic E-state index is 11.9. The van der Waals surface area contributed by atoms with E-state index < -0.39 is 5.97 Å². The molecule has 0 aromatic carbocycles. The van der Waals surface area contributed by atoms with Crippen molar-refractivity contribution in [2.75, 3.05) is 26.7 Å². The van der Waals surface area contributed by atoms with E-state index in [9.17, 15) is 14.4 Å². The van der Waals surface area contributed by atoms with E-state index in [1.54, 1.807) is 11.9 Å². The minimum absolute atomic E-state index is 0.0135. The van der Waals surface area contributed by atoms with Gasteiger partial charge in [0.2, 0.25) is 5.91 Å². The molecular weight excluding hydrogens is 224 g/mol. The molecule has 1 aliphatic heterocycles. The molecule has 1 fully saturated rings. The monoisotopic (exact) mass is 240 g/mol. The van der Waals surface area contributed by atoms with Crippen LogP contribution in [-0.4, -0.2) is 59.4 Å². The van der Waals surface area contributed by atoms with Crippen molar-refractivity contribution in [1.82, 2.24) is 9.80 Å². The van der Waals surface area contributed by atoms with E-state index >= 15 is 0 Å². The fourth-order valence-electron chi connectivity index (χ4n) is 1.49. The fraction of sp³-hybridized carbons (Fsp3) is 0.545. The number of carboxylic acids is 1. The van der Waals surface area contributed by atoms with Crippen molar-refractivity contribution in [3.8, 4) is 0 Å². The van der Waals surface area contributed by atoms with Gasteiger partial charge in [0.1, 0.15) is 6.54 Å². The van der Waals surface area contributed by atoms with E-state index in [-0.39, 0.29) is 29.5 Å². The van der Waals surface area contributed by atoms with E-state index in [0.717, 1.165) is 0 Å². The number of piperazine rings is 1. The van der Waals surface area contributed by atoms with Crippen molar-refractivity contribution < 1.29 is 19.5 Å². The van der Waals surface area contributed by atoms with E-state index in [4.69, 9.17) is 5.11 Å². The average Bonchev–Trinajstić information content (AvgIpc) is 2.29. The Kier molecular flexibility index (Phi) is 3.88. The number of hydrogen-bond acceptors (Lipinski definition) is 3. The molecule has 0 spiro atoms. The second-order valence-corrected chi connectivity index (χ2v) is 4.10. The Morgan fingerprint density at radius 3 is 2.24 bits per heavy atom. The number of carboxylic acid groups (broad SMARTS) is 1. The molecule has 2 amide bonds. The second-order valence-electron chi connectivity index (χ2n) is 4.10. The highest BCUT2D eigenvalue weighted by atomic mass is 16.4. The third-order valence-corrected chi connectivity index (χ3v) is 2.95. The molecule has 0 atom stereocenters. The number of amides is 2. The van der Waals surface area contributed by atoms with Gasteiger partial charge in [-0.1, -0.05) is 0 Å². The van der Waals surface area contributed by atoms with Crippen LogP contribution in [0.25, 0.3) is 0 Å². The van der Waals surface area contributed by atoms with Crippen LogP contribution in [0.4, 0.5) is 0 Å². The molecule has 0 bridgehead atoms. The Labute approximate surface area is 99.5 Å². The maximum Gasteiger partial charge on any atom is 0.331 e. The van der Waals surface area contributed by atoms with Crippen LogP contribution in [-0.2, 0) is 14.4 Å². The Bertz CT molecular complexity index is 400. The molecular formula is C11H16N2O4. The summed E-state index contributed by atoms with van der Waals surface area (Å²) < 4.78 is 0. The van der Waals surface area contributed by atoms with Crippen molar-refractivity contribution in [3.05, 3.63) is 11.1 Å². The molecule has 0 aromatic heterocycles. The summed E-state index contributed by atoms with van der Waals surface area (Å²) in [6, 6.07) is 0. The second kappa shape index (κ2) is 4.99. The normalized spacial score (nSPS) is 17.9. The van der Waals surface area contributed by atoms with Gasteiger partial charge in [0.05, 0.1) is 0 Å². The molecule has 1 rings (SSSR count). The van der Waals surface area contributed by atoms with E-state index in [2.05, 4.69) is 0 Å². The van der Waals surface area contributed by atoms with E-state index in [1.165, 1.54) is 18.7 Å². The number of carbonyl (C=O) groups excluding carboxylic acids is 2. The van der Waals surface area contributed by atoms with Crippen molar-refractivity contribution in [2.24, 2.45) is 0 Å². The summed E-state index contributed by atoms with van der Waals surface area (Å²) in [6.07, 6.45) is 0. The van der Waals surface area contributed by atoms with Gasteiger partial charge in [0.25, 0.3) is 5.91 Å². The van der Waals surface area contributed by atoms with Crippen LogP contribution in [0.15, 0.2) is 11.1 Å². The Morgan fingerprint density at radius 1 is 1.18 bits per heavy atom. The van der Waals surface area contributed by atoms with Gasteiger partial charge in [-0.2, -0.15) is 0 Å². The first-order chi connectivity index (χ1) is 7.84.